The van der Waals surface area contributed by atoms with E-state index in [9.17, 15) is 28.4 Å². The van der Waals surface area contributed by atoms with Crippen LogP contribution in [0.3, 0.4) is 0 Å². The molecule has 1 heterocycles. The van der Waals surface area contributed by atoms with E-state index in [1.165, 1.54) is 32.4 Å². The summed E-state index contributed by atoms with van der Waals surface area (Å²) < 4.78 is 37.6. The first-order chi connectivity index (χ1) is 15.2. The molecule has 0 saturated carbocycles. The number of para-hydroxylation sites is 1. The van der Waals surface area contributed by atoms with Gasteiger partial charge in [0.1, 0.15) is 0 Å². The molecular weight excluding hydrogens is 442 g/mol. The smallest absolute Gasteiger partial charge is 0.289 e. The Kier molecular flexibility index (Phi) is 6.77. The number of nitro benzene ring substituents is 1. The first-order valence-electron chi connectivity index (χ1n) is 9.35. The lowest BCUT2D eigenvalue weighted by atomic mass is 10.1. The summed E-state index contributed by atoms with van der Waals surface area (Å²) in [6.45, 7) is -1.32. The lowest BCUT2D eigenvalue weighted by molar-refractivity contribution is -0.387. The fourth-order valence-corrected chi connectivity index (χ4v) is 4.81. The van der Waals surface area contributed by atoms with Crippen molar-refractivity contribution in [1.29, 1.82) is 0 Å². The van der Waals surface area contributed by atoms with E-state index < -0.39 is 44.2 Å². The van der Waals surface area contributed by atoms with E-state index in [1.54, 1.807) is 12.1 Å². The molecule has 0 amide bonds. The van der Waals surface area contributed by atoms with Crippen molar-refractivity contribution >= 4 is 26.6 Å². The fraction of sp³-hybridized carbons (Fsp3) is 0.250. The zero-order chi connectivity index (χ0) is 23.5. The van der Waals surface area contributed by atoms with E-state index in [0.29, 0.717) is 22.4 Å². The second kappa shape index (κ2) is 9.34. The molecule has 0 spiro atoms. The van der Waals surface area contributed by atoms with Crippen molar-refractivity contribution in [1.82, 2.24) is 9.29 Å². The van der Waals surface area contributed by atoms with Crippen LogP contribution in [0.2, 0.25) is 0 Å². The van der Waals surface area contributed by atoms with E-state index in [2.05, 4.69) is 4.98 Å². The summed E-state index contributed by atoms with van der Waals surface area (Å²) in [6.07, 6.45) is 0. The van der Waals surface area contributed by atoms with Gasteiger partial charge in [0.2, 0.25) is 10.0 Å². The highest BCUT2D eigenvalue weighted by Crippen LogP contribution is 2.31. The summed E-state index contributed by atoms with van der Waals surface area (Å²) in [4.78, 5) is 25.3. The summed E-state index contributed by atoms with van der Waals surface area (Å²) in [5.41, 5.74) is -0.614. The number of hydrogen-bond acceptors (Lipinski definition) is 8. The molecular formula is C20H21N3O8S. The Balaban J connectivity index is 2.08. The molecule has 0 aliphatic carbocycles. The number of nitro groups is 1. The van der Waals surface area contributed by atoms with Gasteiger partial charge >= 0.3 is 0 Å². The third-order valence-electron chi connectivity index (χ3n) is 4.80. The van der Waals surface area contributed by atoms with Crippen LogP contribution >= 0.6 is 0 Å². The first-order valence-corrected chi connectivity index (χ1v) is 10.8. The standard InChI is InChI=1S/C20H21N3O8S/c1-30-17-10-13-9-14(20(25)21-15(13)11-18(17)31-2)12-22(7-8-24)32(28,29)19-6-4-3-5-16(19)23(26)27/h3-6,9-11,24H,7-8,12H2,1-2H3,(H,21,25). The van der Waals surface area contributed by atoms with Gasteiger partial charge in [-0.15, -0.1) is 0 Å². The number of ether oxygens (including phenoxy) is 2. The molecule has 0 radical (unpaired) electrons. The molecule has 3 rings (SSSR count). The maximum atomic E-state index is 13.2. The second-order valence-electron chi connectivity index (χ2n) is 6.71. The van der Waals surface area contributed by atoms with Crippen molar-refractivity contribution in [2.45, 2.75) is 11.4 Å². The number of aliphatic hydroxyl groups is 1. The molecule has 11 nitrogen and oxygen atoms in total. The maximum Gasteiger partial charge on any atom is 0.289 e. The number of nitrogens with one attached hydrogen (secondary N) is 1. The van der Waals surface area contributed by atoms with Gasteiger partial charge in [0, 0.05) is 36.2 Å². The number of hydrogen-bond donors (Lipinski definition) is 2. The third kappa shape index (κ3) is 4.42. The topological polar surface area (TPSA) is 152 Å². The predicted molar refractivity (Wildman–Crippen MR) is 115 cm³/mol. The van der Waals surface area contributed by atoms with Crippen LogP contribution in [0, 0.1) is 10.1 Å². The molecule has 3 aromatic rings. The molecule has 32 heavy (non-hydrogen) atoms. The number of rotatable bonds is 9. The second-order valence-corrected chi connectivity index (χ2v) is 8.61. The minimum atomic E-state index is -4.40. The number of sulfonamides is 1. The molecule has 1 aromatic heterocycles. The van der Waals surface area contributed by atoms with Crippen LogP contribution in [-0.4, -0.2) is 55.1 Å². The molecule has 0 unspecified atom stereocenters. The number of H-pyrrole nitrogens is 1. The van der Waals surface area contributed by atoms with E-state index >= 15 is 0 Å². The number of nitrogens with zero attached hydrogens (tertiary/aromatic N) is 2. The average molecular weight is 463 g/mol. The van der Waals surface area contributed by atoms with Crippen LogP contribution in [-0.2, 0) is 16.6 Å². The number of aromatic nitrogens is 1. The van der Waals surface area contributed by atoms with Crippen LogP contribution in [0.4, 0.5) is 5.69 Å². The summed E-state index contributed by atoms with van der Waals surface area (Å²) in [6, 6.07) is 9.60. The Hall–Kier alpha value is -3.48. The lowest BCUT2D eigenvalue weighted by Crippen LogP contribution is -2.35. The molecule has 0 aliphatic rings. The molecule has 0 saturated heterocycles. The van der Waals surface area contributed by atoms with E-state index in [-0.39, 0.29) is 12.1 Å². The number of benzene rings is 2. The van der Waals surface area contributed by atoms with Gasteiger partial charge < -0.3 is 19.6 Å². The van der Waals surface area contributed by atoms with Gasteiger partial charge in [-0.3, -0.25) is 14.9 Å². The summed E-state index contributed by atoms with van der Waals surface area (Å²) in [7, 11) is -1.48. The van der Waals surface area contributed by atoms with E-state index in [1.807, 2.05) is 0 Å². The molecule has 0 fully saturated rings. The molecule has 2 N–H and O–H groups in total. The highest BCUT2D eigenvalue weighted by Gasteiger charge is 2.31. The van der Waals surface area contributed by atoms with Gasteiger partial charge in [0.25, 0.3) is 11.2 Å². The van der Waals surface area contributed by atoms with Crippen molar-refractivity contribution in [3.05, 3.63) is 68.5 Å². The number of fused-ring (bicyclic) bond motifs is 1. The van der Waals surface area contributed by atoms with Crippen molar-refractivity contribution in [3.8, 4) is 11.5 Å². The van der Waals surface area contributed by atoms with Gasteiger partial charge in [-0.2, -0.15) is 4.31 Å². The zero-order valence-electron chi connectivity index (χ0n) is 17.3. The normalized spacial score (nSPS) is 11.6. The lowest BCUT2D eigenvalue weighted by Gasteiger charge is -2.21. The van der Waals surface area contributed by atoms with Gasteiger partial charge in [-0.05, 0) is 18.2 Å². The van der Waals surface area contributed by atoms with Gasteiger partial charge in [-0.1, -0.05) is 12.1 Å². The summed E-state index contributed by atoms with van der Waals surface area (Å²) in [5, 5.41) is 21.3. The van der Waals surface area contributed by atoms with Crippen LogP contribution in [0.1, 0.15) is 5.56 Å². The molecule has 0 bridgehead atoms. The monoisotopic (exact) mass is 463 g/mol. The highest BCUT2D eigenvalue weighted by atomic mass is 32.2. The van der Waals surface area contributed by atoms with Crippen LogP contribution in [0.25, 0.3) is 10.9 Å². The number of aliphatic hydroxyl groups excluding tert-OH is 1. The third-order valence-corrected chi connectivity index (χ3v) is 6.69. The Morgan fingerprint density at radius 1 is 1.12 bits per heavy atom. The van der Waals surface area contributed by atoms with Crippen LogP contribution in [0.15, 0.2) is 52.2 Å². The van der Waals surface area contributed by atoms with Gasteiger partial charge in [-0.25, -0.2) is 8.42 Å². The number of methoxy groups -OCH3 is 2. The van der Waals surface area contributed by atoms with Crippen molar-refractivity contribution < 1.29 is 27.9 Å². The molecule has 2 aromatic carbocycles. The van der Waals surface area contributed by atoms with Gasteiger partial charge in [0.15, 0.2) is 16.4 Å². The highest BCUT2D eigenvalue weighted by molar-refractivity contribution is 7.89. The molecule has 0 aliphatic heterocycles. The Morgan fingerprint density at radius 2 is 1.78 bits per heavy atom. The Morgan fingerprint density at radius 3 is 2.41 bits per heavy atom. The largest absolute Gasteiger partial charge is 0.493 e. The first kappa shape index (κ1) is 23.2. The average Bonchev–Trinajstić information content (AvgIpc) is 2.78. The fourth-order valence-electron chi connectivity index (χ4n) is 3.25. The predicted octanol–water partition coefficient (Wildman–Crippen LogP) is 1.64. The zero-order valence-corrected chi connectivity index (χ0v) is 18.1. The molecule has 12 heteroatoms. The summed E-state index contributed by atoms with van der Waals surface area (Å²) in [5.74, 6) is 0.821. The van der Waals surface area contributed by atoms with Crippen LogP contribution < -0.4 is 15.0 Å². The van der Waals surface area contributed by atoms with Crippen molar-refractivity contribution in [3.63, 3.8) is 0 Å². The Labute approximate surface area is 183 Å². The molecule has 170 valence electrons. The van der Waals surface area contributed by atoms with Gasteiger partial charge in [0.05, 0.1) is 31.3 Å². The van der Waals surface area contributed by atoms with E-state index in [4.69, 9.17) is 9.47 Å². The molecule has 0 atom stereocenters. The quantitative estimate of drug-likeness (QED) is 0.359. The minimum absolute atomic E-state index is 0.0836. The minimum Gasteiger partial charge on any atom is -0.493 e. The summed E-state index contributed by atoms with van der Waals surface area (Å²) >= 11 is 0. The number of aromatic amines is 1. The SMILES string of the molecule is COc1cc2cc(CN(CCO)S(=O)(=O)c3ccccc3[N+](=O)[O-])c(=O)[nH]c2cc1OC. The van der Waals surface area contributed by atoms with Crippen LogP contribution in [0.5, 0.6) is 11.5 Å². The maximum absolute atomic E-state index is 13.2. The van der Waals surface area contributed by atoms with E-state index in [0.717, 1.165) is 16.4 Å². The Bertz CT molecular complexity index is 1320. The van der Waals surface area contributed by atoms with Crippen molar-refractivity contribution in [2.24, 2.45) is 0 Å². The van der Waals surface area contributed by atoms with Crippen molar-refractivity contribution in [2.75, 3.05) is 27.4 Å². The number of pyridine rings is 1.